The Morgan fingerprint density at radius 3 is 3.06 bits per heavy atom. The molecule has 0 saturated heterocycles. The molecule has 0 aliphatic rings. The summed E-state index contributed by atoms with van der Waals surface area (Å²) in [5.74, 6) is -0.286. The molecular weight excluding hydrogens is 210 g/mol. The van der Waals surface area contributed by atoms with Gasteiger partial charge in [0.15, 0.2) is 6.33 Å². The van der Waals surface area contributed by atoms with Gasteiger partial charge in [-0.15, -0.1) is 0 Å². The predicted octanol–water partition coefficient (Wildman–Crippen LogP) is 0.845. The first-order chi connectivity index (χ1) is 7.74. The van der Waals surface area contributed by atoms with Crippen LogP contribution in [0.25, 0.3) is 0 Å². The van der Waals surface area contributed by atoms with E-state index >= 15 is 0 Å². The summed E-state index contributed by atoms with van der Waals surface area (Å²) >= 11 is 0. The second-order valence-corrected chi connectivity index (χ2v) is 3.57. The lowest BCUT2D eigenvalue weighted by Crippen LogP contribution is -2.37. The van der Waals surface area contributed by atoms with Gasteiger partial charge in [-0.2, -0.15) is 4.98 Å². The minimum Gasteiger partial charge on any atom is -0.480 e. The second kappa shape index (κ2) is 6.95. The first-order valence-corrected chi connectivity index (χ1v) is 5.45. The van der Waals surface area contributed by atoms with Gasteiger partial charge < -0.3 is 14.9 Å². The average molecular weight is 227 g/mol. The molecule has 0 radical (unpaired) electrons. The summed E-state index contributed by atoms with van der Waals surface area (Å²) in [6, 6.07) is -0.483. The van der Waals surface area contributed by atoms with Crippen LogP contribution >= 0.6 is 0 Å². The highest BCUT2D eigenvalue weighted by atomic mass is 16.5. The molecule has 0 spiro atoms. The maximum atomic E-state index is 10.9. The van der Waals surface area contributed by atoms with Gasteiger partial charge in [-0.1, -0.05) is 24.9 Å². The molecule has 0 fully saturated rings. The van der Waals surface area contributed by atoms with E-state index in [2.05, 4.69) is 15.5 Å². The molecule has 16 heavy (non-hydrogen) atoms. The number of nitrogens with one attached hydrogen (secondary N) is 1. The van der Waals surface area contributed by atoms with Gasteiger partial charge in [0.25, 0.3) is 0 Å². The minimum atomic E-state index is -0.807. The number of aromatic nitrogens is 2. The standard InChI is InChI=1S/C10H17N3O3/c1-2-3-4-8(10(14)15)11-6-5-9-12-7-13-16-9/h7-8,11H,2-6H2,1H3,(H,14,15). The van der Waals surface area contributed by atoms with Crippen LogP contribution in [0.4, 0.5) is 0 Å². The number of aliphatic carboxylic acids is 1. The Labute approximate surface area is 94.0 Å². The van der Waals surface area contributed by atoms with E-state index in [1.54, 1.807) is 0 Å². The van der Waals surface area contributed by atoms with Crippen molar-refractivity contribution in [3.63, 3.8) is 0 Å². The number of unbranched alkanes of at least 4 members (excludes halogenated alkanes) is 1. The van der Waals surface area contributed by atoms with Gasteiger partial charge in [0, 0.05) is 13.0 Å². The number of carboxylic acids is 1. The van der Waals surface area contributed by atoms with Crippen molar-refractivity contribution in [2.75, 3.05) is 6.54 Å². The number of hydrogen-bond acceptors (Lipinski definition) is 5. The number of rotatable bonds is 8. The number of carbonyl (C=O) groups is 1. The van der Waals surface area contributed by atoms with Crippen molar-refractivity contribution in [3.8, 4) is 0 Å². The predicted molar refractivity (Wildman–Crippen MR) is 57.0 cm³/mol. The zero-order valence-electron chi connectivity index (χ0n) is 9.35. The van der Waals surface area contributed by atoms with E-state index in [9.17, 15) is 4.79 Å². The summed E-state index contributed by atoms with van der Waals surface area (Å²) in [5, 5.41) is 15.4. The van der Waals surface area contributed by atoms with Crippen LogP contribution in [-0.2, 0) is 11.2 Å². The molecule has 0 bridgehead atoms. The van der Waals surface area contributed by atoms with Gasteiger partial charge in [-0.25, -0.2) is 0 Å². The van der Waals surface area contributed by atoms with Crippen LogP contribution in [0.1, 0.15) is 32.1 Å². The van der Waals surface area contributed by atoms with Crippen LogP contribution in [0.15, 0.2) is 10.9 Å². The molecule has 0 aromatic carbocycles. The molecule has 1 aromatic heterocycles. The lowest BCUT2D eigenvalue weighted by molar-refractivity contribution is -0.139. The van der Waals surface area contributed by atoms with Crippen molar-refractivity contribution in [2.24, 2.45) is 0 Å². The largest absolute Gasteiger partial charge is 0.480 e. The smallest absolute Gasteiger partial charge is 0.320 e. The highest BCUT2D eigenvalue weighted by Crippen LogP contribution is 2.01. The van der Waals surface area contributed by atoms with E-state index in [1.807, 2.05) is 6.92 Å². The molecule has 0 saturated carbocycles. The fraction of sp³-hybridized carbons (Fsp3) is 0.700. The molecule has 2 N–H and O–H groups in total. The van der Waals surface area contributed by atoms with Gasteiger partial charge in [-0.05, 0) is 6.42 Å². The van der Waals surface area contributed by atoms with Gasteiger partial charge in [0.05, 0.1) is 0 Å². The Kier molecular flexibility index (Phi) is 5.49. The van der Waals surface area contributed by atoms with Crippen LogP contribution in [0, 0.1) is 0 Å². The topological polar surface area (TPSA) is 88.3 Å². The van der Waals surface area contributed by atoms with Crippen molar-refractivity contribution >= 4 is 5.97 Å². The Balaban J connectivity index is 2.24. The van der Waals surface area contributed by atoms with E-state index < -0.39 is 12.0 Å². The normalized spacial score (nSPS) is 12.6. The molecule has 0 amide bonds. The summed E-state index contributed by atoms with van der Waals surface area (Å²) in [7, 11) is 0. The van der Waals surface area contributed by atoms with E-state index in [0.29, 0.717) is 25.3 Å². The highest BCUT2D eigenvalue weighted by Gasteiger charge is 2.15. The SMILES string of the molecule is CCCCC(NCCc1ncno1)C(=O)O. The summed E-state index contributed by atoms with van der Waals surface area (Å²) in [5.41, 5.74) is 0. The molecule has 1 aromatic rings. The molecule has 6 heteroatoms. The van der Waals surface area contributed by atoms with Gasteiger partial charge in [0.2, 0.25) is 5.89 Å². The Morgan fingerprint density at radius 1 is 1.69 bits per heavy atom. The third-order valence-electron chi connectivity index (χ3n) is 2.28. The Bertz CT molecular complexity index is 300. The van der Waals surface area contributed by atoms with E-state index in [4.69, 9.17) is 9.63 Å². The van der Waals surface area contributed by atoms with E-state index in [1.165, 1.54) is 6.33 Å². The zero-order valence-corrected chi connectivity index (χ0v) is 9.35. The molecule has 1 rings (SSSR count). The molecule has 1 heterocycles. The average Bonchev–Trinajstić information content (AvgIpc) is 2.75. The third-order valence-corrected chi connectivity index (χ3v) is 2.28. The van der Waals surface area contributed by atoms with E-state index in [0.717, 1.165) is 12.8 Å². The lowest BCUT2D eigenvalue weighted by Gasteiger charge is -2.12. The van der Waals surface area contributed by atoms with Crippen LogP contribution in [0.3, 0.4) is 0 Å². The van der Waals surface area contributed by atoms with Crippen LogP contribution < -0.4 is 5.32 Å². The van der Waals surface area contributed by atoms with Crippen LogP contribution in [-0.4, -0.2) is 33.8 Å². The molecule has 90 valence electrons. The second-order valence-electron chi connectivity index (χ2n) is 3.57. The van der Waals surface area contributed by atoms with Crippen molar-refractivity contribution in [1.82, 2.24) is 15.5 Å². The van der Waals surface area contributed by atoms with Gasteiger partial charge in [-0.3, -0.25) is 4.79 Å². The quantitative estimate of drug-likeness (QED) is 0.684. The van der Waals surface area contributed by atoms with Crippen molar-refractivity contribution in [1.29, 1.82) is 0 Å². The Morgan fingerprint density at radius 2 is 2.50 bits per heavy atom. The van der Waals surface area contributed by atoms with Crippen molar-refractivity contribution in [3.05, 3.63) is 12.2 Å². The first-order valence-electron chi connectivity index (χ1n) is 5.45. The van der Waals surface area contributed by atoms with Crippen LogP contribution in [0.5, 0.6) is 0 Å². The minimum absolute atomic E-state index is 0.483. The molecule has 0 aliphatic carbocycles. The van der Waals surface area contributed by atoms with E-state index in [-0.39, 0.29) is 0 Å². The first kappa shape index (κ1) is 12.6. The molecule has 0 aliphatic heterocycles. The summed E-state index contributed by atoms with van der Waals surface area (Å²) in [4.78, 5) is 14.7. The summed E-state index contributed by atoms with van der Waals surface area (Å²) in [6.07, 6.45) is 4.44. The molecule has 1 atom stereocenters. The summed E-state index contributed by atoms with van der Waals surface area (Å²) < 4.78 is 4.81. The van der Waals surface area contributed by atoms with Crippen molar-refractivity contribution in [2.45, 2.75) is 38.6 Å². The fourth-order valence-electron chi connectivity index (χ4n) is 1.38. The number of nitrogens with zero attached hydrogens (tertiary/aromatic N) is 2. The molecule has 1 unspecified atom stereocenters. The maximum absolute atomic E-state index is 10.9. The molecular formula is C10H17N3O3. The zero-order chi connectivity index (χ0) is 11.8. The summed E-state index contributed by atoms with van der Waals surface area (Å²) in [6.45, 7) is 2.57. The molecule has 6 nitrogen and oxygen atoms in total. The number of carboxylic acid groups (broad SMARTS) is 1. The van der Waals surface area contributed by atoms with Crippen molar-refractivity contribution < 1.29 is 14.4 Å². The third kappa shape index (κ3) is 4.39. The Hall–Kier alpha value is -1.43. The van der Waals surface area contributed by atoms with Gasteiger partial charge in [0.1, 0.15) is 6.04 Å². The number of hydrogen-bond donors (Lipinski definition) is 2. The lowest BCUT2D eigenvalue weighted by atomic mass is 10.1. The van der Waals surface area contributed by atoms with Crippen LogP contribution in [0.2, 0.25) is 0 Å². The maximum Gasteiger partial charge on any atom is 0.320 e. The highest BCUT2D eigenvalue weighted by molar-refractivity contribution is 5.73. The van der Waals surface area contributed by atoms with Gasteiger partial charge >= 0.3 is 5.97 Å². The fourth-order valence-corrected chi connectivity index (χ4v) is 1.38. The monoisotopic (exact) mass is 227 g/mol.